The van der Waals surface area contributed by atoms with E-state index in [1.807, 2.05) is 35.2 Å². The standard InChI is InChI=1S/C22H24N6O/c1-2-28(18-7-4-3-5-8-18)19-9-10-20(25-17-19)21(29)26-13-15-27(16-14-26)22-23-11-6-12-24-22/h3-12,17H,2,13-16H2,1H3. The first-order valence-corrected chi connectivity index (χ1v) is 9.86. The number of anilines is 3. The number of hydrogen-bond acceptors (Lipinski definition) is 6. The second kappa shape index (κ2) is 8.68. The molecule has 2 aromatic heterocycles. The van der Waals surface area contributed by atoms with Crippen LogP contribution in [0.15, 0.2) is 67.1 Å². The fourth-order valence-corrected chi connectivity index (χ4v) is 3.52. The molecule has 0 bridgehead atoms. The maximum atomic E-state index is 12.9. The van der Waals surface area contributed by atoms with Crippen molar-refractivity contribution in [3.05, 3.63) is 72.8 Å². The Morgan fingerprint density at radius 2 is 1.62 bits per heavy atom. The SMILES string of the molecule is CCN(c1ccccc1)c1ccc(C(=O)N2CCN(c3ncccn3)CC2)nc1. The Kier molecular flexibility index (Phi) is 5.65. The second-order valence-electron chi connectivity index (χ2n) is 6.81. The van der Waals surface area contributed by atoms with Crippen LogP contribution in [0.1, 0.15) is 17.4 Å². The van der Waals surface area contributed by atoms with E-state index in [0.717, 1.165) is 17.9 Å². The molecule has 0 radical (unpaired) electrons. The molecule has 1 saturated heterocycles. The first kappa shape index (κ1) is 18.9. The second-order valence-corrected chi connectivity index (χ2v) is 6.81. The summed E-state index contributed by atoms with van der Waals surface area (Å²) < 4.78 is 0. The van der Waals surface area contributed by atoms with E-state index in [1.54, 1.807) is 24.7 Å². The summed E-state index contributed by atoms with van der Waals surface area (Å²) in [5.74, 6) is 0.676. The van der Waals surface area contributed by atoms with E-state index in [-0.39, 0.29) is 5.91 Å². The van der Waals surface area contributed by atoms with Crippen LogP contribution in [0, 0.1) is 0 Å². The van der Waals surface area contributed by atoms with Gasteiger partial charge in [0.25, 0.3) is 5.91 Å². The van der Waals surface area contributed by atoms with Crippen LogP contribution in [-0.2, 0) is 0 Å². The molecular formula is C22H24N6O. The number of nitrogens with zero attached hydrogens (tertiary/aromatic N) is 6. The van der Waals surface area contributed by atoms with Crippen LogP contribution in [-0.4, -0.2) is 58.5 Å². The van der Waals surface area contributed by atoms with Gasteiger partial charge in [0.1, 0.15) is 5.69 Å². The first-order valence-electron chi connectivity index (χ1n) is 9.86. The minimum absolute atomic E-state index is 0.0343. The van der Waals surface area contributed by atoms with E-state index in [2.05, 4.69) is 43.8 Å². The molecule has 0 aliphatic carbocycles. The van der Waals surface area contributed by atoms with Gasteiger partial charge in [-0.3, -0.25) is 4.79 Å². The maximum Gasteiger partial charge on any atom is 0.272 e. The number of carbonyl (C=O) groups excluding carboxylic acids is 1. The summed E-state index contributed by atoms with van der Waals surface area (Å²) in [6, 6.07) is 15.8. The third-order valence-electron chi connectivity index (χ3n) is 5.06. The molecular weight excluding hydrogens is 364 g/mol. The lowest BCUT2D eigenvalue weighted by Crippen LogP contribution is -2.49. The van der Waals surface area contributed by atoms with Crippen molar-refractivity contribution in [3.63, 3.8) is 0 Å². The van der Waals surface area contributed by atoms with E-state index >= 15 is 0 Å². The topological polar surface area (TPSA) is 65.5 Å². The molecule has 0 unspecified atom stereocenters. The number of aromatic nitrogens is 3. The first-order chi connectivity index (χ1) is 14.3. The minimum Gasteiger partial charge on any atom is -0.341 e. The molecule has 0 atom stereocenters. The number of piperazine rings is 1. The Bertz CT molecular complexity index is 925. The van der Waals surface area contributed by atoms with Gasteiger partial charge in [-0.05, 0) is 37.3 Å². The van der Waals surface area contributed by atoms with Crippen molar-refractivity contribution in [2.45, 2.75) is 6.92 Å². The zero-order chi connectivity index (χ0) is 20.1. The number of para-hydroxylation sites is 1. The minimum atomic E-state index is -0.0343. The summed E-state index contributed by atoms with van der Waals surface area (Å²) in [5, 5.41) is 0. The molecule has 1 aliphatic rings. The normalized spacial score (nSPS) is 14.0. The van der Waals surface area contributed by atoms with E-state index in [4.69, 9.17) is 0 Å². The summed E-state index contributed by atoms with van der Waals surface area (Å²) in [6.45, 7) is 5.61. The highest BCUT2D eigenvalue weighted by Gasteiger charge is 2.24. The van der Waals surface area contributed by atoms with E-state index in [0.29, 0.717) is 37.8 Å². The third kappa shape index (κ3) is 4.18. The molecule has 0 saturated carbocycles. The third-order valence-corrected chi connectivity index (χ3v) is 5.06. The van der Waals surface area contributed by atoms with Crippen molar-refractivity contribution < 1.29 is 4.79 Å². The molecule has 1 fully saturated rings. The smallest absolute Gasteiger partial charge is 0.272 e. The molecule has 3 aromatic rings. The van der Waals surface area contributed by atoms with E-state index in [1.165, 1.54) is 0 Å². The van der Waals surface area contributed by atoms with Crippen molar-refractivity contribution in [1.29, 1.82) is 0 Å². The zero-order valence-corrected chi connectivity index (χ0v) is 16.5. The average molecular weight is 388 g/mol. The summed E-state index contributed by atoms with van der Waals surface area (Å²) >= 11 is 0. The van der Waals surface area contributed by atoms with Crippen molar-refractivity contribution in [2.75, 3.05) is 42.5 Å². The average Bonchev–Trinajstić information content (AvgIpc) is 2.81. The van der Waals surface area contributed by atoms with E-state index < -0.39 is 0 Å². The summed E-state index contributed by atoms with van der Waals surface area (Å²) in [7, 11) is 0. The van der Waals surface area contributed by atoms with Gasteiger partial charge in [-0.25, -0.2) is 15.0 Å². The highest BCUT2D eigenvalue weighted by molar-refractivity contribution is 5.92. The summed E-state index contributed by atoms with van der Waals surface area (Å²) in [6.07, 6.45) is 5.25. The predicted molar refractivity (Wildman–Crippen MR) is 114 cm³/mol. The largest absolute Gasteiger partial charge is 0.341 e. The van der Waals surface area contributed by atoms with Crippen molar-refractivity contribution >= 4 is 23.2 Å². The molecule has 4 rings (SSSR count). The van der Waals surface area contributed by atoms with Gasteiger partial charge in [0, 0.05) is 50.8 Å². The lowest BCUT2D eigenvalue weighted by atomic mass is 10.2. The molecule has 1 amide bonds. The molecule has 1 aromatic carbocycles. The highest BCUT2D eigenvalue weighted by atomic mass is 16.2. The molecule has 7 heteroatoms. The Morgan fingerprint density at radius 1 is 0.897 bits per heavy atom. The number of amides is 1. The zero-order valence-electron chi connectivity index (χ0n) is 16.5. The monoisotopic (exact) mass is 388 g/mol. The highest BCUT2D eigenvalue weighted by Crippen LogP contribution is 2.24. The van der Waals surface area contributed by atoms with Crippen LogP contribution in [0.2, 0.25) is 0 Å². The fourth-order valence-electron chi connectivity index (χ4n) is 3.52. The molecule has 29 heavy (non-hydrogen) atoms. The number of carbonyl (C=O) groups is 1. The fraction of sp³-hybridized carbons (Fsp3) is 0.273. The van der Waals surface area contributed by atoms with Crippen LogP contribution in [0.4, 0.5) is 17.3 Å². The predicted octanol–water partition coefficient (Wildman–Crippen LogP) is 2.99. The number of benzene rings is 1. The van der Waals surface area contributed by atoms with Crippen LogP contribution in [0.25, 0.3) is 0 Å². The lowest BCUT2D eigenvalue weighted by molar-refractivity contribution is 0.0740. The van der Waals surface area contributed by atoms with Crippen molar-refractivity contribution in [3.8, 4) is 0 Å². The maximum absolute atomic E-state index is 12.9. The van der Waals surface area contributed by atoms with Crippen LogP contribution >= 0.6 is 0 Å². The molecule has 0 N–H and O–H groups in total. The van der Waals surface area contributed by atoms with Crippen LogP contribution in [0.5, 0.6) is 0 Å². The molecule has 148 valence electrons. The van der Waals surface area contributed by atoms with Crippen molar-refractivity contribution in [2.24, 2.45) is 0 Å². The Morgan fingerprint density at radius 3 is 2.24 bits per heavy atom. The van der Waals surface area contributed by atoms with Gasteiger partial charge in [-0.15, -0.1) is 0 Å². The number of rotatable bonds is 5. The Balaban J connectivity index is 1.41. The van der Waals surface area contributed by atoms with Gasteiger partial charge >= 0.3 is 0 Å². The van der Waals surface area contributed by atoms with Gasteiger partial charge in [0.05, 0.1) is 11.9 Å². The molecule has 3 heterocycles. The molecule has 0 spiro atoms. The van der Waals surface area contributed by atoms with Gasteiger partial charge in [0.15, 0.2) is 0 Å². The molecule has 7 nitrogen and oxygen atoms in total. The van der Waals surface area contributed by atoms with Crippen LogP contribution in [0.3, 0.4) is 0 Å². The van der Waals surface area contributed by atoms with Gasteiger partial charge in [0.2, 0.25) is 5.95 Å². The van der Waals surface area contributed by atoms with Gasteiger partial charge < -0.3 is 14.7 Å². The van der Waals surface area contributed by atoms with Crippen molar-refractivity contribution in [1.82, 2.24) is 19.9 Å². The lowest BCUT2D eigenvalue weighted by Gasteiger charge is -2.34. The Labute approximate surface area is 170 Å². The quantitative estimate of drug-likeness (QED) is 0.670. The Hall–Kier alpha value is -3.48. The van der Waals surface area contributed by atoms with Crippen LogP contribution < -0.4 is 9.80 Å². The van der Waals surface area contributed by atoms with Gasteiger partial charge in [-0.1, -0.05) is 18.2 Å². The summed E-state index contributed by atoms with van der Waals surface area (Å²) in [4.78, 5) is 32.0. The summed E-state index contributed by atoms with van der Waals surface area (Å²) in [5.41, 5.74) is 2.55. The number of pyridine rings is 1. The number of hydrogen-bond donors (Lipinski definition) is 0. The van der Waals surface area contributed by atoms with Gasteiger partial charge in [-0.2, -0.15) is 0 Å². The van der Waals surface area contributed by atoms with E-state index in [9.17, 15) is 4.79 Å². The molecule has 1 aliphatic heterocycles.